The molecule has 0 aliphatic carbocycles. The van der Waals surface area contributed by atoms with Crippen molar-refractivity contribution in [2.24, 2.45) is 5.73 Å². The van der Waals surface area contributed by atoms with Crippen molar-refractivity contribution in [2.75, 3.05) is 19.6 Å². The zero-order valence-corrected chi connectivity index (χ0v) is 8.41. The predicted octanol–water partition coefficient (Wildman–Crippen LogP) is 0.587. The molecular weight excluding hydrogens is 164 g/mol. The highest BCUT2D eigenvalue weighted by atomic mass is 16.5. The predicted molar refractivity (Wildman–Crippen MR) is 52.6 cm³/mol. The van der Waals surface area contributed by atoms with Crippen LogP contribution in [0.1, 0.15) is 26.2 Å². The molecule has 2 bridgehead atoms. The van der Waals surface area contributed by atoms with Crippen molar-refractivity contribution < 1.29 is 4.74 Å². The molecule has 2 aliphatic rings. The molecule has 0 spiro atoms. The fraction of sp³-hybridized carbons (Fsp3) is 1.00. The molecule has 2 aliphatic heterocycles. The number of ether oxygens (including phenoxy) is 1. The van der Waals surface area contributed by atoms with E-state index in [-0.39, 0.29) is 0 Å². The summed E-state index contributed by atoms with van der Waals surface area (Å²) in [7, 11) is 0. The highest BCUT2D eigenvalue weighted by Gasteiger charge is 2.35. The standard InChI is InChI=1S/C10H20N2O/c1-2-8(5-11)12-6-9-3-4-10(7-12)13-9/h8-10H,2-7,11H2,1H3. The molecule has 2 fully saturated rings. The van der Waals surface area contributed by atoms with Crippen LogP contribution in [0.25, 0.3) is 0 Å². The van der Waals surface area contributed by atoms with Crippen molar-refractivity contribution in [1.82, 2.24) is 4.90 Å². The fourth-order valence-electron chi connectivity index (χ4n) is 2.52. The van der Waals surface area contributed by atoms with Gasteiger partial charge in [0.2, 0.25) is 0 Å². The Balaban J connectivity index is 1.93. The van der Waals surface area contributed by atoms with Gasteiger partial charge < -0.3 is 10.5 Å². The molecule has 3 atom stereocenters. The quantitative estimate of drug-likeness (QED) is 0.697. The molecule has 13 heavy (non-hydrogen) atoms. The van der Waals surface area contributed by atoms with E-state index in [1.165, 1.54) is 12.8 Å². The zero-order chi connectivity index (χ0) is 9.26. The average molecular weight is 184 g/mol. The first kappa shape index (κ1) is 9.44. The summed E-state index contributed by atoms with van der Waals surface area (Å²) in [4.78, 5) is 2.52. The summed E-state index contributed by atoms with van der Waals surface area (Å²) >= 11 is 0. The van der Waals surface area contributed by atoms with Gasteiger partial charge in [0.25, 0.3) is 0 Å². The number of hydrogen-bond acceptors (Lipinski definition) is 3. The lowest BCUT2D eigenvalue weighted by molar-refractivity contribution is -0.0519. The Bertz CT molecular complexity index is 158. The molecule has 76 valence electrons. The monoisotopic (exact) mass is 184 g/mol. The second-order valence-electron chi connectivity index (χ2n) is 4.21. The van der Waals surface area contributed by atoms with E-state index in [2.05, 4.69) is 11.8 Å². The Kier molecular flexibility index (Phi) is 2.86. The van der Waals surface area contributed by atoms with E-state index in [9.17, 15) is 0 Å². The van der Waals surface area contributed by atoms with Gasteiger partial charge in [0, 0.05) is 25.7 Å². The van der Waals surface area contributed by atoms with Crippen molar-refractivity contribution in [1.29, 1.82) is 0 Å². The highest BCUT2D eigenvalue weighted by Crippen LogP contribution is 2.27. The fourth-order valence-corrected chi connectivity index (χ4v) is 2.52. The zero-order valence-electron chi connectivity index (χ0n) is 8.41. The largest absolute Gasteiger partial charge is 0.372 e. The minimum atomic E-state index is 0.499. The SMILES string of the molecule is CCC(CN)N1CC2CCC(C1)O2. The van der Waals surface area contributed by atoms with Gasteiger partial charge in [-0.3, -0.25) is 4.90 Å². The first-order valence-electron chi connectivity index (χ1n) is 5.43. The van der Waals surface area contributed by atoms with Gasteiger partial charge in [-0.05, 0) is 19.3 Å². The molecule has 0 radical (unpaired) electrons. The van der Waals surface area contributed by atoms with E-state index in [1.54, 1.807) is 0 Å². The van der Waals surface area contributed by atoms with Crippen LogP contribution in [-0.2, 0) is 4.74 Å². The van der Waals surface area contributed by atoms with Gasteiger partial charge in [0.1, 0.15) is 0 Å². The minimum Gasteiger partial charge on any atom is -0.372 e. The highest BCUT2D eigenvalue weighted by molar-refractivity contribution is 4.87. The first-order valence-corrected chi connectivity index (χ1v) is 5.43. The van der Waals surface area contributed by atoms with E-state index in [4.69, 9.17) is 10.5 Å². The number of nitrogens with zero attached hydrogens (tertiary/aromatic N) is 1. The molecule has 3 nitrogen and oxygen atoms in total. The third-order valence-electron chi connectivity index (χ3n) is 3.33. The molecule has 0 aromatic carbocycles. The van der Waals surface area contributed by atoms with Crippen LogP contribution in [0.15, 0.2) is 0 Å². The molecular formula is C10H20N2O. The summed E-state index contributed by atoms with van der Waals surface area (Å²) in [6.45, 7) is 5.21. The number of nitrogens with two attached hydrogens (primary N) is 1. The Morgan fingerprint density at radius 3 is 2.46 bits per heavy atom. The van der Waals surface area contributed by atoms with Crippen molar-refractivity contribution in [2.45, 2.75) is 44.4 Å². The Morgan fingerprint density at radius 1 is 1.38 bits per heavy atom. The van der Waals surface area contributed by atoms with Crippen LogP contribution in [0.4, 0.5) is 0 Å². The Labute approximate surface area is 80.2 Å². The molecule has 0 aromatic heterocycles. The second kappa shape index (κ2) is 3.95. The van der Waals surface area contributed by atoms with Crippen molar-refractivity contribution in [3.8, 4) is 0 Å². The summed E-state index contributed by atoms with van der Waals surface area (Å²) in [5.74, 6) is 0. The van der Waals surface area contributed by atoms with Crippen LogP contribution in [0.3, 0.4) is 0 Å². The van der Waals surface area contributed by atoms with Crippen molar-refractivity contribution >= 4 is 0 Å². The normalized spacial score (nSPS) is 36.5. The third kappa shape index (κ3) is 1.87. The Morgan fingerprint density at radius 2 is 2.00 bits per heavy atom. The lowest BCUT2D eigenvalue weighted by atomic mass is 10.1. The maximum absolute atomic E-state index is 5.78. The molecule has 0 aromatic rings. The third-order valence-corrected chi connectivity index (χ3v) is 3.33. The minimum absolute atomic E-state index is 0.499. The number of hydrogen-bond donors (Lipinski definition) is 1. The molecule has 3 heteroatoms. The first-order chi connectivity index (χ1) is 6.33. The summed E-state index contributed by atoms with van der Waals surface area (Å²) in [6.07, 6.45) is 4.67. The average Bonchev–Trinajstić information content (AvgIpc) is 2.48. The molecule has 2 heterocycles. The van der Waals surface area contributed by atoms with Gasteiger partial charge in [0.05, 0.1) is 12.2 Å². The lowest BCUT2D eigenvalue weighted by Gasteiger charge is -2.37. The smallest absolute Gasteiger partial charge is 0.0707 e. The van der Waals surface area contributed by atoms with Gasteiger partial charge >= 0.3 is 0 Å². The van der Waals surface area contributed by atoms with Crippen LogP contribution in [0.5, 0.6) is 0 Å². The van der Waals surface area contributed by atoms with Crippen LogP contribution in [0, 0.1) is 0 Å². The maximum atomic E-state index is 5.78. The van der Waals surface area contributed by atoms with Gasteiger partial charge in [0.15, 0.2) is 0 Å². The topological polar surface area (TPSA) is 38.5 Å². The lowest BCUT2D eigenvalue weighted by Crippen LogP contribution is -2.50. The van der Waals surface area contributed by atoms with Gasteiger partial charge in [-0.2, -0.15) is 0 Å². The second-order valence-corrected chi connectivity index (χ2v) is 4.21. The van der Waals surface area contributed by atoms with E-state index < -0.39 is 0 Å². The molecule has 3 unspecified atom stereocenters. The molecule has 2 rings (SSSR count). The van der Waals surface area contributed by atoms with Crippen LogP contribution < -0.4 is 5.73 Å². The number of rotatable bonds is 3. The van der Waals surface area contributed by atoms with E-state index in [0.717, 1.165) is 26.1 Å². The molecule has 2 N–H and O–H groups in total. The van der Waals surface area contributed by atoms with Gasteiger partial charge in [-0.1, -0.05) is 6.92 Å². The summed E-state index contributed by atoms with van der Waals surface area (Å²) in [5, 5.41) is 0. The van der Waals surface area contributed by atoms with Crippen LogP contribution >= 0.6 is 0 Å². The molecule has 0 saturated carbocycles. The van der Waals surface area contributed by atoms with Crippen LogP contribution in [0.2, 0.25) is 0 Å². The number of morpholine rings is 1. The summed E-state index contributed by atoms with van der Waals surface area (Å²) < 4.78 is 5.78. The van der Waals surface area contributed by atoms with Crippen molar-refractivity contribution in [3.63, 3.8) is 0 Å². The van der Waals surface area contributed by atoms with E-state index in [1.807, 2.05) is 0 Å². The van der Waals surface area contributed by atoms with Crippen LogP contribution in [-0.4, -0.2) is 42.8 Å². The summed E-state index contributed by atoms with van der Waals surface area (Å²) in [6, 6.07) is 0.576. The van der Waals surface area contributed by atoms with Gasteiger partial charge in [-0.25, -0.2) is 0 Å². The molecule has 2 saturated heterocycles. The van der Waals surface area contributed by atoms with Crippen molar-refractivity contribution in [3.05, 3.63) is 0 Å². The van der Waals surface area contributed by atoms with E-state index in [0.29, 0.717) is 18.2 Å². The van der Waals surface area contributed by atoms with E-state index >= 15 is 0 Å². The van der Waals surface area contributed by atoms with Gasteiger partial charge in [-0.15, -0.1) is 0 Å². The number of fused-ring (bicyclic) bond motifs is 2. The summed E-state index contributed by atoms with van der Waals surface area (Å²) in [5.41, 5.74) is 5.74. The number of likely N-dealkylation sites (tertiary alicyclic amines) is 1. The molecule has 0 amide bonds. The maximum Gasteiger partial charge on any atom is 0.0707 e. The Hall–Kier alpha value is -0.120.